The first-order chi connectivity index (χ1) is 11.0. The molecular formula is C19H22O3S. The van der Waals surface area contributed by atoms with Crippen LogP contribution >= 0.6 is 11.8 Å². The summed E-state index contributed by atoms with van der Waals surface area (Å²) >= 11 is 1.09. The first kappa shape index (κ1) is 17.4. The number of carbonyl (C=O) groups excluding carboxylic acids is 1. The molecule has 0 fully saturated rings. The van der Waals surface area contributed by atoms with Crippen LogP contribution in [0.25, 0.3) is 0 Å². The Labute approximate surface area is 142 Å². The fraction of sp³-hybridized carbons (Fsp3) is 0.316. The Hall–Kier alpha value is -1.94. The number of benzene rings is 2. The van der Waals surface area contributed by atoms with Crippen molar-refractivity contribution in [2.45, 2.75) is 38.7 Å². The number of rotatable bonds is 5. The summed E-state index contributed by atoms with van der Waals surface area (Å²) in [5, 5.41) is -0.319. The minimum Gasteiger partial charge on any atom is -0.489 e. The van der Waals surface area contributed by atoms with E-state index in [1.807, 2.05) is 31.2 Å². The van der Waals surface area contributed by atoms with Crippen LogP contribution in [0.5, 0.6) is 5.75 Å². The van der Waals surface area contributed by atoms with E-state index in [2.05, 4.69) is 26.0 Å². The molecule has 0 bridgehead atoms. The minimum absolute atomic E-state index is 0.319. The van der Waals surface area contributed by atoms with E-state index < -0.39 is 0 Å². The summed E-state index contributed by atoms with van der Waals surface area (Å²) in [6.07, 6.45) is 1.01. The largest absolute Gasteiger partial charge is 0.489 e. The van der Waals surface area contributed by atoms with Crippen molar-refractivity contribution >= 4 is 17.1 Å². The van der Waals surface area contributed by atoms with E-state index in [4.69, 9.17) is 9.47 Å². The van der Waals surface area contributed by atoms with Crippen molar-refractivity contribution in [2.24, 2.45) is 0 Å². The van der Waals surface area contributed by atoms with Gasteiger partial charge in [-0.25, -0.2) is 4.79 Å². The number of carbonyl (C=O) groups is 1. The van der Waals surface area contributed by atoms with Crippen molar-refractivity contribution in [1.82, 2.24) is 0 Å². The lowest BCUT2D eigenvalue weighted by Crippen LogP contribution is -2.03. The van der Waals surface area contributed by atoms with Crippen LogP contribution in [0.15, 0.2) is 41.3 Å². The summed E-state index contributed by atoms with van der Waals surface area (Å²) < 4.78 is 10.7. The van der Waals surface area contributed by atoms with Crippen molar-refractivity contribution in [3.05, 3.63) is 58.7 Å². The van der Waals surface area contributed by atoms with Gasteiger partial charge in [0.15, 0.2) is 0 Å². The van der Waals surface area contributed by atoms with Gasteiger partial charge in [-0.1, -0.05) is 31.2 Å². The van der Waals surface area contributed by atoms with Gasteiger partial charge in [0.1, 0.15) is 12.4 Å². The lowest BCUT2D eigenvalue weighted by molar-refractivity contribution is 0.200. The predicted octanol–water partition coefficient (Wildman–Crippen LogP) is 5.30. The van der Waals surface area contributed by atoms with E-state index in [9.17, 15) is 4.79 Å². The second-order valence-electron chi connectivity index (χ2n) is 5.35. The standard InChI is InChI=1S/C19H22O3S/c1-5-15-9-10-17(14(3)11-15)22-12-16-13(2)7-6-8-18(16)23-19(20)21-4/h6-11H,5,12H2,1-4H3. The summed E-state index contributed by atoms with van der Waals surface area (Å²) in [6.45, 7) is 6.64. The molecule has 2 aromatic rings. The highest BCUT2D eigenvalue weighted by molar-refractivity contribution is 8.13. The first-order valence-electron chi connectivity index (χ1n) is 7.61. The van der Waals surface area contributed by atoms with Gasteiger partial charge >= 0.3 is 5.30 Å². The van der Waals surface area contributed by atoms with Gasteiger partial charge < -0.3 is 9.47 Å². The highest BCUT2D eigenvalue weighted by Gasteiger charge is 2.12. The topological polar surface area (TPSA) is 35.5 Å². The summed E-state index contributed by atoms with van der Waals surface area (Å²) in [4.78, 5) is 12.4. The minimum atomic E-state index is -0.319. The molecule has 0 amide bonds. The van der Waals surface area contributed by atoms with Gasteiger partial charge in [0.25, 0.3) is 0 Å². The summed E-state index contributed by atoms with van der Waals surface area (Å²) in [6, 6.07) is 12.1. The average molecular weight is 330 g/mol. The highest BCUT2D eigenvalue weighted by atomic mass is 32.2. The van der Waals surface area contributed by atoms with Crippen molar-refractivity contribution in [1.29, 1.82) is 0 Å². The van der Waals surface area contributed by atoms with Gasteiger partial charge in [-0.15, -0.1) is 0 Å². The Balaban J connectivity index is 2.18. The van der Waals surface area contributed by atoms with Crippen LogP contribution in [0.3, 0.4) is 0 Å². The van der Waals surface area contributed by atoms with E-state index >= 15 is 0 Å². The molecule has 0 unspecified atom stereocenters. The van der Waals surface area contributed by atoms with Crippen LogP contribution in [0.1, 0.15) is 29.2 Å². The number of ether oxygens (including phenoxy) is 2. The summed E-state index contributed by atoms with van der Waals surface area (Å²) in [5.74, 6) is 0.875. The molecule has 2 aromatic carbocycles. The number of hydrogen-bond acceptors (Lipinski definition) is 4. The lowest BCUT2D eigenvalue weighted by atomic mass is 10.1. The zero-order valence-corrected chi connectivity index (χ0v) is 14.8. The molecule has 0 N–H and O–H groups in total. The van der Waals surface area contributed by atoms with Crippen molar-refractivity contribution in [3.8, 4) is 5.75 Å². The van der Waals surface area contributed by atoms with Gasteiger partial charge in [0, 0.05) is 10.5 Å². The second kappa shape index (κ2) is 8.06. The molecule has 2 rings (SSSR count). The maximum Gasteiger partial charge on any atom is 0.371 e. The Kier molecular flexibility index (Phi) is 6.11. The third kappa shape index (κ3) is 4.52. The van der Waals surface area contributed by atoms with Crippen LogP contribution in [0.4, 0.5) is 4.79 Å². The van der Waals surface area contributed by atoms with Crippen LogP contribution in [-0.2, 0) is 17.8 Å². The monoisotopic (exact) mass is 330 g/mol. The van der Waals surface area contributed by atoms with E-state index in [-0.39, 0.29) is 5.30 Å². The zero-order valence-electron chi connectivity index (χ0n) is 14.0. The van der Waals surface area contributed by atoms with Crippen molar-refractivity contribution < 1.29 is 14.3 Å². The van der Waals surface area contributed by atoms with Gasteiger partial charge in [0.05, 0.1) is 7.11 Å². The molecule has 0 aliphatic rings. The fourth-order valence-electron chi connectivity index (χ4n) is 2.33. The quantitative estimate of drug-likeness (QED) is 0.550. The molecule has 0 heterocycles. The molecule has 3 nitrogen and oxygen atoms in total. The number of aryl methyl sites for hydroxylation is 3. The zero-order chi connectivity index (χ0) is 16.8. The SMILES string of the molecule is CCc1ccc(OCc2c(C)cccc2SC(=O)OC)c(C)c1. The van der Waals surface area contributed by atoms with E-state index in [1.54, 1.807) is 0 Å². The van der Waals surface area contributed by atoms with Gasteiger partial charge in [-0.2, -0.15) is 0 Å². The molecule has 0 atom stereocenters. The van der Waals surface area contributed by atoms with Crippen LogP contribution in [0.2, 0.25) is 0 Å². The molecule has 0 aliphatic carbocycles. The predicted molar refractivity (Wildman–Crippen MR) is 94.3 cm³/mol. The van der Waals surface area contributed by atoms with Gasteiger partial charge in [-0.05, 0) is 60.9 Å². The normalized spacial score (nSPS) is 10.4. The average Bonchev–Trinajstić information content (AvgIpc) is 2.55. The highest BCUT2D eigenvalue weighted by Crippen LogP contribution is 2.29. The third-order valence-electron chi connectivity index (χ3n) is 3.75. The van der Waals surface area contributed by atoms with E-state index in [1.165, 1.54) is 12.7 Å². The van der Waals surface area contributed by atoms with Crippen LogP contribution < -0.4 is 4.74 Å². The Morgan fingerprint density at radius 2 is 1.91 bits per heavy atom. The molecule has 4 heteroatoms. The van der Waals surface area contributed by atoms with Crippen LogP contribution in [0, 0.1) is 13.8 Å². The number of hydrogen-bond donors (Lipinski definition) is 0. The molecule has 0 aromatic heterocycles. The maximum atomic E-state index is 11.5. The molecule has 0 saturated heterocycles. The molecule has 0 radical (unpaired) electrons. The number of methoxy groups -OCH3 is 1. The summed E-state index contributed by atoms with van der Waals surface area (Å²) in [7, 11) is 1.39. The Morgan fingerprint density at radius 3 is 2.57 bits per heavy atom. The van der Waals surface area contributed by atoms with E-state index in [0.29, 0.717) is 6.61 Å². The Morgan fingerprint density at radius 1 is 1.13 bits per heavy atom. The number of thioether (sulfide) groups is 1. The van der Waals surface area contributed by atoms with Crippen molar-refractivity contribution in [2.75, 3.05) is 7.11 Å². The first-order valence-corrected chi connectivity index (χ1v) is 8.43. The van der Waals surface area contributed by atoms with Crippen molar-refractivity contribution in [3.63, 3.8) is 0 Å². The van der Waals surface area contributed by atoms with Crippen LogP contribution in [-0.4, -0.2) is 12.4 Å². The smallest absolute Gasteiger partial charge is 0.371 e. The van der Waals surface area contributed by atoms with E-state index in [0.717, 1.165) is 45.5 Å². The molecule has 122 valence electrons. The third-order valence-corrected chi connectivity index (χ3v) is 4.68. The lowest BCUT2D eigenvalue weighted by Gasteiger charge is -2.14. The van der Waals surface area contributed by atoms with Gasteiger partial charge in [-0.3, -0.25) is 0 Å². The summed E-state index contributed by atoms with van der Waals surface area (Å²) in [5.41, 5.74) is 4.54. The second-order valence-corrected chi connectivity index (χ2v) is 6.33. The molecule has 0 aliphatic heterocycles. The maximum absolute atomic E-state index is 11.5. The van der Waals surface area contributed by atoms with Gasteiger partial charge in [0.2, 0.25) is 0 Å². The molecule has 0 spiro atoms. The fourth-order valence-corrected chi connectivity index (χ4v) is 3.08. The molecule has 0 saturated carbocycles. The Bertz CT molecular complexity index is 695. The molecular weight excluding hydrogens is 308 g/mol. The molecule has 23 heavy (non-hydrogen) atoms.